The van der Waals surface area contributed by atoms with Crippen molar-refractivity contribution in [2.45, 2.75) is 109 Å². The van der Waals surface area contributed by atoms with E-state index in [1.165, 1.54) is 56.3 Å². The van der Waals surface area contributed by atoms with Gasteiger partial charge in [0.15, 0.2) is 0 Å². The molecular formula is C29H50N2O4Sn. The number of carbonyl (C=O) groups is 2. The Hall–Kier alpha value is -1.12. The molecule has 0 saturated carbocycles. The summed E-state index contributed by atoms with van der Waals surface area (Å²) < 4.78 is 5.71. The van der Waals surface area contributed by atoms with Crippen molar-refractivity contribution in [1.29, 1.82) is 0 Å². The SMILES string of the molecule is CCC[CH2][Sn]([CH2]CCC)([CH2]CCC)[CH2]C1CN(C(=O)CCCC(=O)O)CC1NOCc1ccccc1. The van der Waals surface area contributed by atoms with Crippen molar-refractivity contribution in [3.8, 4) is 0 Å². The molecule has 1 amide bonds. The predicted octanol–water partition coefficient (Wildman–Crippen LogP) is 6.64. The van der Waals surface area contributed by atoms with E-state index in [-0.39, 0.29) is 18.4 Å². The van der Waals surface area contributed by atoms with Crippen molar-refractivity contribution in [2.75, 3.05) is 13.1 Å². The number of unbranched alkanes of at least 4 members (excludes halogenated alkanes) is 3. The summed E-state index contributed by atoms with van der Waals surface area (Å²) in [6, 6.07) is 10.3. The maximum atomic E-state index is 13.0. The number of hydroxylamine groups is 1. The molecule has 1 heterocycles. The van der Waals surface area contributed by atoms with E-state index in [0.29, 0.717) is 31.9 Å². The van der Waals surface area contributed by atoms with E-state index in [0.717, 1.165) is 12.1 Å². The summed E-state index contributed by atoms with van der Waals surface area (Å²) in [5, 5.41) is 8.96. The summed E-state index contributed by atoms with van der Waals surface area (Å²) in [6.45, 7) is 8.87. The van der Waals surface area contributed by atoms with Gasteiger partial charge in [0.2, 0.25) is 0 Å². The molecule has 1 aromatic rings. The molecule has 2 unspecified atom stereocenters. The van der Waals surface area contributed by atoms with Crippen LogP contribution in [0.4, 0.5) is 0 Å². The normalized spacial score (nSPS) is 18.0. The second kappa shape index (κ2) is 17.4. The fourth-order valence-corrected chi connectivity index (χ4v) is 23.4. The molecule has 0 bridgehead atoms. The third-order valence-corrected chi connectivity index (χ3v) is 23.8. The number of carbonyl (C=O) groups excluding carboxylic acids is 1. The van der Waals surface area contributed by atoms with Crippen molar-refractivity contribution < 1.29 is 19.5 Å². The standard InChI is InChI=1S/C17H23N2O4.3C4H9.Sn/c1-13-10-19(16(20)8-5-9-17(21)22)11-15(13)18-23-12-14-6-3-2-4-7-14;3*1-3-4-2;/h2-4,6-7,13,15,18H,1,5,8-12H2,(H,21,22);3*1,3-4H2,2H3;. The van der Waals surface area contributed by atoms with E-state index < -0.39 is 24.3 Å². The Morgan fingerprint density at radius 3 is 2.11 bits per heavy atom. The summed E-state index contributed by atoms with van der Waals surface area (Å²) in [5.74, 6) is -0.326. The molecule has 7 heteroatoms. The average Bonchev–Trinajstić information content (AvgIpc) is 3.27. The molecule has 1 fully saturated rings. The van der Waals surface area contributed by atoms with Crippen LogP contribution >= 0.6 is 0 Å². The monoisotopic (exact) mass is 610 g/mol. The van der Waals surface area contributed by atoms with E-state index in [2.05, 4.69) is 38.4 Å². The van der Waals surface area contributed by atoms with Crippen molar-refractivity contribution in [1.82, 2.24) is 10.4 Å². The Kier molecular flexibility index (Phi) is 15.0. The molecule has 1 aliphatic rings. The molecule has 1 aliphatic heterocycles. The second-order valence-electron chi connectivity index (χ2n) is 10.8. The molecule has 36 heavy (non-hydrogen) atoms. The van der Waals surface area contributed by atoms with Crippen LogP contribution in [0.3, 0.4) is 0 Å². The molecule has 1 saturated heterocycles. The van der Waals surface area contributed by atoms with Gasteiger partial charge >= 0.3 is 224 Å². The third-order valence-electron chi connectivity index (χ3n) is 7.77. The van der Waals surface area contributed by atoms with Crippen LogP contribution in [0.5, 0.6) is 0 Å². The van der Waals surface area contributed by atoms with Crippen LogP contribution in [0, 0.1) is 5.92 Å². The van der Waals surface area contributed by atoms with Crippen LogP contribution in [0.2, 0.25) is 17.7 Å². The van der Waals surface area contributed by atoms with Crippen LogP contribution in [-0.4, -0.2) is 59.4 Å². The summed E-state index contributed by atoms with van der Waals surface area (Å²) in [7, 11) is 0. The molecule has 2 rings (SSSR count). The summed E-state index contributed by atoms with van der Waals surface area (Å²) in [4.78, 5) is 31.9. The van der Waals surface area contributed by atoms with Crippen molar-refractivity contribution in [2.24, 2.45) is 5.92 Å². The Bertz CT molecular complexity index is 739. The maximum absolute atomic E-state index is 13.0. The number of benzene rings is 1. The zero-order valence-electron chi connectivity index (χ0n) is 23.0. The van der Waals surface area contributed by atoms with Crippen molar-refractivity contribution in [3.05, 3.63) is 35.9 Å². The van der Waals surface area contributed by atoms with Gasteiger partial charge in [-0.05, 0) is 0 Å². The fraction of sp³-hybridized carbons (Fsp3) is 0.724. The van der Waals surface area contributed by atoms with Crippen LogP contribution < -0.4 is 5.48 Å². The fourth-order valence-electron chi connectivity index (χ4n) is 5.66. The second-order valence-corrected chi connectivity index (χ2v) is 24.8. The van der Waals surface area contributed by atoms with E-state index in [1.807, 2.05) is 23.1 Å². The van der Waals surface area contributed by atoms with Crippen LogP contribution in [0.15, 0.2) is 30.3 Å². The van der Waals surface area contributed by atoms with Gasteiger partial charge in [-0.1, -0.05) is 0 Å². The van der Waals surface area contributed by atoms with Gasteiger partial charge < -0.3 is 0 Å². The van der Waals surface area contributed by atoms with Gasteiger partial charge in [-0.15, -0.1) is 0 Å². The van der Waals surface area contributed by atoms with Gasteiger partial charge in [-0.3, -0.25) is 0 Å². The van der Waals surface area contributed by atoms with E-state index in [4.69, 9.17) is 9.94 Å². The number of nitrogens with zero attached hydrogens (tertiary/aromatic N) is 1. The summed E-state index contributed by atoms with van der Waals surface area (Å²) >= 11 is -2.41. The van der Waals surface area contributed by atoms with Crippen molar-refractivity contribution >= 4 is 30.3 Å². The van der Waals surface area contributed by atoms with Crippen LogP contribution in [0.1, 0.15) is 84.1 Å². The zero-order chi connectivity index (χ0) is 26.2. The molecule has 0 aromatic heterocycles. The van der Waals surface area contributed by atoms with Gasteiger partial charge in [0, 0.05) is 0 Å². The van der Waals surface area contributed by atoms with E-state index >= 15 is 0 Å². The molecule has 0 spiro atoms. The Morgan fingerprint density at radius 2 is 1.56 bits per heavy atom. The first-order valence-electron chi connectivity index (χ1n) is 14.3. The third kappa shape index (κ3) is 11.1. The molecule has 204 valence electrons. The number of aliphatic carboxylic acids is 1. The zero-order valence-corrected chi connectivity index (χ0v) is 25.8. The molecule has 0 aliphatic carbocycles. The number of amides is 1. The first-order chi connectivity index (χ1) is 17.4. The van der Waals surface area contributed by atoms with Gasteiger partial charge in [0.25, 0.3) is 0 Å². The number of rotatable bonds is 19. The summed E-state index contributed by atoms with van der Waals surface area (Å²) in [6.07, 6.45) is 8.59. The summed E-state index contributed by atoms with van der Waals surface area (Å²) in [5.41, 5.74) is 4.50. The average molecular weight is 609 g/mol. The van der Waals surface area contributed by atoms with E-state index in [9.17, 15) is 9.59 Å². The number of carboxylic acids is 1. The molecular weight excluding hydrogens is 559 g/mol. The minimum absolute atomic E-state index is 0.0511. The predicted molar refractivity (Wildman–Crippen MR) is 149 cm³/mol. The van der Waals surface area contributed by atoms with E-state index in [1.54, 1.807) is 0 Å². The van der Waals surface area contributed by atoms with Crippen molar-refractivity contribution in [3.63, 3.8) is 0 Å². The topological polar surface area (TPSA) is 78.9 Å². The molecule has 0 radical (unpaired) electrons. The number of likely N-dealkylation sites (tertiary alicyclic amines) is 1. The van der Waals surface area contributed by atoms with Gasteiger partial charge in [0.1, 0.15) is 0 Å². The Morgan fingerprint density at radius 1 is 0.944 bits per heavy atom. The number of carboxylic acid groups (broad SMARTS) is 1. The number of hydrogen-bond donors (Lipinski definition) is 2. The Labute approximate surface area is 223 Å². The van der Waals surface area contributed by atoms with Crippen LogP contribution in [-0.2, 0) is 21.0 Å². The minimum atomic E-state index is -2.41. The molecule has 6 nitrogen and oxygen atoms in total. The molecule has 2 N–H and O–H groups in total. The first-order valence-corrected chi connectivity index (χ1v) is 22.4. The number of hydrogen-bond acceptors (Lipinski definition) is 4. The molecule has 2 atom stereocenters. The first kappa shape index (κ1) is 31.1. The Balaban J connectivity index is 2.13. The van der Waals surface area contributed by atoms with Gasteiger partial charge in [-0.2, -0.15) is 0 Å². The van der Waals surface area contributed by atoms with Crippen LogP contribution in [0.25, 0.3) is 0 Å². The quantitative estimate of drug-likeness (QED) is 0.136. The molecule has 1 aromatic carbocycles. The van der Waals surface area contributed by atoms with Gasteiger partial charge in [-0.25, -0.2) is 0 Å². The number of nitrogens with one attached hydrogen (secondary N) is 1. The van der Waals surface area contributed by atoms with Gasteiger partial charge in [0.05, 0.1) is 0 Å².